The van der Waals surface area contributed by atoms with Crippen LogP contribution < -0.4 is 9.64 Å². The Morgan fingerprint density at radius 2 is 1.63 bits per heavy atom. The number of methoxy groups -OCH3 is 1. The second-order valence-corrected chi connectivity index (χ2v) is 9.75. The van der Waals surface area contributed by atoms with Gasteiger partial charge in [0.2, 0.25) is 0 Å². The Bertz CT molecular complexity index is 1350. The van der Waals surface area contributed by atoms with E-state index in [2.05, 4.69) is 12.1 Å². The average Bonchev–Trinajstić information content (AvgIpc) is 3.34. The van der Waals surface area contributed by atoms with E-state index in [1.807, 2.05) is 55.5 Å². The summed E-state index contributed by atoms with van der Waals surface area (Å²) in [5.74, 6) is 1.06. The zero-order valence-electron chi connectivity index (χ0n) is 21.3. The number of aliphatic hydroxyl groups is 1. The molecule has 0 saturated carbocycles. The lowest BCUT2D eigenvalue weighted by molar-refractivity contribution is 0.173. The van der Waals surface area contributed by atoms with Crippen LogP contribution in [0.1, 0.15) is 36.6 Å². The molecular weight excluding hydrogens is 501 g/mol. The van der Waals surface area contributed by atoms with Gasteiger partial charge in [0.25, 0.3) is 5.24 Å². The predicted octanol–water partition coefficient (Wildman–Crippen LogP) is 7.75. The van der Waals surface area contributed by atoms with E-state index in [0.29, 0.717) is 17.9 Å². The van der Waals surface area contributed by atoms with E-state index >= 15 is 0 Å². The standard InChI is InChI=1S/C22H19NO3S.C9H11FO/c1-26-18-11-12-19(21(24)13-18)20-14-27-22(25)23(20)17-9-7-16(8-10-17)15-5-3-2-4-6-15;1-2-9(11)7-3-5-8(10)6-4-7/h2-13,20,24H,14H2,1H3;3-6,9,11H,2H2,1H3. The van der Waals surface area contributed by atoms with Crippen molar-refractivity contribution in [1.82, 2.24) is 0 Å². The van der Waals surface area contributed by atoms with Crippen LogP contribution in [0.2, 0.25) is 0 Å². The third kappa shape index (κ3) is 6.36. The van der Waals surface area contributed by atoms with Crippen molar-refractivity contribution in [2.24, 2.45) is 0 Å². The maximum atomic E-state index is 12.5. The Labute approximate surface area is 226 Å². The minimum atomic E-state index is -0.462. The number of carbonyl (C=O) groups excluding carboxylic acids is 1. The van der Waals surface area contributed by atoms with Gasteiger partial charge in [-0.05, 0) is 59.5 Å². The van der Waals surface area contributed by atoms with Crippen molar-refractivity contribution in [2.45, 2.75) is 25.5 Å². The van der Waals surface area contributed by atoms with Crippen molar-refractivity contribution in [3.8, 4) is 22.6 Å². The molecule has 2 unspecified atom stereocenters. The number of nitrogens with zero attached hydrogens (tertiary/aromatic N) is 1. The number of hydrogen-bond donors (Lipinski definition) is 2. The SMILES string of the molecule is CCC(O)c1ccc(F)cc1.COc1ccc(C2CSC(=O)N2c2ccc(-c3ccccc3)cc2)c(O)c1. The van der Waals surface area contributed by atoms with Crippen LogP contribution in [0, 0.1) is 5.82 Å². The minimum absolute atomic E-state index is 0.0114. The molecule has 1 aliphatic heterocycles. The normalized spacial score (nSPS) is 15.5. The summed E-state index contributed by atoms with van der Waals surface area (Å²) >= 11 is 1.27. The number of ether oxygens (including phenoxy) is 1. The molecule has 5 rings (SSSR count). The lowest BCUT2D eigenvalue weighted by Gasteiger charge is -2.25. The van der Waals surface area contributed by atoms with Gasteiger partial charge in [0.15, 0.2) is 0 Å². The fourth-order valence-electron chi connectivity index (χ4n) is 4.23. The van der Waals surface area contributed by atoms with Crippen molar-refractivity contribution < 1.29 is 24.1 Å². The summed E-state index contributed by atoms with van der Waals surface area (Å²) in [7, 11) is 1.56. The number of benzene rings is 4. The Morgan fingerprint density at radius 3 is 2.24 bits per heavy atom. The summed E-state index contributed by atoms with van der Waals surface area (Å²) < 4.78 is 17.5. The number of thioether (sulfide) groups is 1. The molecule has 4 aromatic carbocycles. The van der Waals surface area contributed by atoms with Crippen LogP contribution in [0.25, 0.3) is 11.1 Å². The zero-order valence-corrected chi connectivity index (χ0v) is 22.1. The maximum Gasteiger partial charge on any atom is 0.286 e. The van der Waals surface area contributed by atoms with Gasteiger partial charge in [0.05, 0.1) is 19.3 Å². The highest BCUT2D eigenvalue weighted by molar-refractivity contribution is 8.14. The molecule has 7 heteroatoms. The number of amides is 1. The lowest BCUT2D eigenvalue weighted by atomic mass is 10.0. The van der Waals surface area contributed by atoms with E-state index in [1.54, 1.807) is 36.3 Å². The Hall–Kier alpha value is -3.81. The molecule has 1 aliphatic rings. The topological polar surface area (TPSA) is 70.0 Å². The summed E-state index contributed by atoms with van der Waals surface area (Å²) in [6.07, 6.45) is 0.196. The molecule has 0 bridgehead atoms. The average molecular weight is 532 g/mol. The second-order valence-electron chi connectivity index (χ2n) is 8.78. The Morgan fingerprint density at radius 1 is 0.974 bits per heavy atom. The van der Waals surface area contributed by atoms with Gasteiger partial charge in [-0.25, -0.2) is 4.39 Å². The van der Waals surface area contributed by atoms with Crippen LogP contribution in [0.5, 0.6) is 11.5 Å². The quantitative estimate of drug-likeness (QED) is 0.266. The molecule has 2 atom stereocenters. The predicted molar refractivity (Wildman–Crippen MR) is 151 cm³/mol. The largest absolute Gasteiger partial charge is 0.507 e. The highest BCUT2D eigenvalue weighted by Crippen LogP contribution is 2.42. The zero-order chi connectivity index (χ0) is 27.1. The number of phenolic OH excluding ortho intramolecular Hbond substituents is 1. The Kier molecular flexibility index (Phi) is 9.05. The first-order valence-corrected chi connectivity index (χ1v) is 13.3. The lowest BCUT2D eigenvalue weighted by Crippen LogP contribution is -2.26. The first-order valence-electron chi connectivity index (χ1n) is 12.3. The minimum Gasteiger partial charge on any atom is -0.507 e. The maximum absolute atomic E-state index is 12.5. The summed E-state index contributed by atoms with van der Waals surface area (Å²) in [6, 6.07) is 29.0. The Balaban J connectivity index is 0.000000257. The highest BCUT2D eigenvalue weighted by Gasteiger charge is 2.35. The number of rotatable bonds is 6. The monoisotopic (exact) mass is 531 g/mol. The molecule has 1 fully saturated rings. The molecule has 1 heterocycles. The van der Waals surface area contributed by atoms with Crippen molar-refractivity contribution in [3.63, 3.8) is 0 Å². The molecule has 4 aromatic rings. The van der Waals surface area contributed by atoms with Crippen LogP contribution in [-0.4, -0.2) is 28.3 Å². The van der Waals surface area contributed by atoms with Crippen molar-refractivity contribution in [1.29, 1.82) is 0 Å². The summed E-state index contributed by atoms with van der Waals surface area (Å²) in [6.45, 7) is 1.88. The van der Waals surface area contributed by atoms with Gasteiger partial charge >= 0.3 is 0 Å². The van der Waals surface area contributed by atoms with Gasteiger partial charge in [-0.3, -0.25) is 9.69 Å². The van der Waals surface area contributed by atoms with Gasteiger partial charge in [-0.15, -0.1) is 0 Å². The van der Waals surface area contributed by atoms with Crippen LogP contribution in [0.3, 0.4) is 0 Å². The van der Waals surface area contributed by atoms with Gasteiger partial charge < -0.3 is 14.9 Å². The molecule has 0 radical (unpaired) electrons. The van der Waals surface area contributed by atoms with Crippen LogP contribution in [-0.2, 0) is 0 Å². The van der Waals surface area contributed by atoms with E-state index in [0.717, 1.165) is 27.9 Å². The third-order valence-electron chi connectivity index (χ3n) is 6.36. The van der Waals surface area contributed by atoms with E-state index in [4.69, 9.17) is 4.74 Å². The van der Waals surface area contributed by atoms with Crippen LogP contribution in [0.4, 0.5) is 14.9 Å². The number of aliphatic hydroxyl groups excluding tert-OH is 1. The van der Waals surface area contributed by atoms with Crippen LogP contribution >= 0.6 is 11.8 Å². The number of anilines is 1. The van der Waals surface area contributed by atoms with Gasteiger partial charge in [0.1, 0.15) is 17.3 Å². The molecule has 5 nitrogen and oxygen atoms in total. The van der Waals surface area contributed by atoms with Crippen molar-refractivity contribution >= 4 is 22.7 Å². The first-order chi connectivity index (χ1) is 18.4. The number of carbonyl (C=O) groups is 1. The fraction of sp³-hybridized carbons (Fsp3) is 0.194. The fourth-order valence-corrected chi connectivity index (χ4v) is 5.23. The molecule has 0 aromatic heterocycles. The third-order valence-corrected chi connectivity index (χ3v) is 7.29. The van der Waals surface area contributed by atoms with E-state index in [1.165, 1.54) is 23.9 Å². The number of halogens is 1. The molecule has 0 spiro atoms. The molecule has 0 aliphatic carbocycles. The van der Waals surface area contributed by atoms with Crippen molar-refractivity contribution in [2.75, 3.05) is 17.8 Å². The molecule has 1 saturated heterocycles. The van der Waals surface area contributed by atoms with Crippen molar-refractivity contribution in [3.05, 3.63) is 114 Å². The molecule has 196 valence electrons. The number of hydrogen-bond acceptors (Lipinski definition) is 5. The smallest absolute Gasteiger partial charge is 0.286 e. The summed E-state index contributed by atoms with van der Waals surface area (Å²) in [5, 5.41) is 19.7. The summed E-state index contributed by atoms with van der Waals surface area (Å²) in [5.41, 5.74) is 4.55. The molecule has 38 heavy (non-hydrogen) atoms. The number of aromatic hydroxyl groups is 1. The second kappa shape index (κ2) is 12.6. The van der Waals surface area contributed by atoms with Gasteiger partial charge in [-0.2, -0.15) is 0 Å². The summed E-state index contributed by atoms with van der Waals surface area (Å²) in [4.78, 5) is 14.3. The first kappa shape index (κ1) is 27.2. The van der Waals surface area contributed by atoms with Gasteiger partial charge in [0, 0.05) is 23.1 Å². The number of phenols is 1. The van der Waals surface area contributed by atoms with E-state index in [9.17, 15) is 19.4 Å². The van der Waals surface area contributed by atoms with Crippen LogP contribution in [0.15, 0.2) is 97.1 Å². The van der Waals surface area contributed by atoms with Gasteiger partial charge in [-0.1, -0.05) is 73.3 Å². The highest BCUT2D eigenvalue weighted by atomic mass is 32.2. The van der Waals surface area contributed by atoms with E-state index in [-0.39, 0.29) is 22.8 Å². The van der Waals surface area contributed by atoms with E-state index < -0.39 is 6.10 Å². The molecule has 1 amide bonds. The molecule has 2 N–H and O–H groups in total. The molecular formula is C31H30FNO4S.